The number of esters is 1. The fourth-order valence-corrected chi connectivity index (χ4v) is 2.35. The second-order valence-electron chi connectivity index (χ2n) is 4.49. The van der Waals surface area contributed by atoms with Gasteiger partial charge in [-0.2, -0.15) is 5.26 Å². The third-order valence-corrected chi connectivity index (χ3v) is 3.40. The first kappa shape index (κ1) is 16.3. The van der Waals surface area contributed by atoms with Crippen molar-refractivity contribution in [2.24, 2.45) is 0 Å². The van der Waals surface area contributed by atoms with Gasteiger partial charge in [-0.05, 0) is 18.2 Å². The molecule has 1 aromatic rings. The highest BCUT2D eigenvalue weighted by atomic mass is 16.5. The molecular weight excluding hydrogens is 304 g/mol. The van der Waals surface area contributed by atoms with Gasteiger partial charge in [0.05, 0.1) is 27.0 Å². The molecule has 1 unspecified atom stereocenters. The normalized spacial score (nSPS) is 17.9. The summed E-state index contributed by atoms with van der Waals surface area (Å²) in [6.45, 7) is 0. The van der Waals surface area contributed by atoms with Crippen LogP contribution in [0.5, 0.6) is 5.75 Å². The number of anilines is 1. The Hall–Kier alpha value is -3.05. The van der Waals surface area contributed by atoms with E-state index in [0.29, 0.717) is 11.3 Å². The molecule has 8 nitrogen and oxygen atoms in total. The number of nitrogens with zero attached hydrogens (tertiary/aromatic N) is 2. The van der Waals surface area contributed by atoms with E-state index >= 15 is 0 Å². The molecule has 0 bridgehead atoms. The standard InChI is InChI=1S/C15H14N2O6/c1-21-8-4-5-11-9(6-8)12(10(7-16)14(19)22-2)13(18)17(11)15(20)23-3/h4-6,13,18H,1-3H3/b12-10-. The van der Waals surface area contributed by atoms with Crippen LogP contribution < -0.4 is 9.64 Å². The number of fused-ring (bicyclic) bond motifs is 1. The summed E-state index contributed by atoms with van der Waals surface area (Å²) in [5.41, 5.74) is 0.153. The minimum atomic E-state index is -1.56. The van der Waals surface area contributed by atoms with Crippen LogP contribution in [-0.4, -0.2) is 44.7 Å². The Kier molecular flexibility index (Phi) is 4.52. The van der Waals surface area contributed by atoms with E-state index in [1.165, 1.54) is 19.2 Å². The summed E-state index contributed by atoms with van der Waals surface area (Å²) < 4.78 is 14.3. The lowest BCUT2D eigenvalue weighted by atomic mass is 10.0. The average Bonchev–Trinajstić information content (AvgIpc) is 2.86. The number of aliphatic hydroxyl groups is 1. The van der Waals surface area contributed by atoms with E-state index in [-0.39, 0.29) is 11.3 Å². The summed E-state index contributed by atoms with van der Waals surface area (Å²) >= 11 is 0. The number of benzene rings is 1. The van der Waals surface area contributed by atoms with Gasteiger partial charge in [-0.1, -0.05) is 0 Å². The smallest absolute Gasteiger partial charge is 0.416 e. The van der Waals surface area contributed by atoms with Crippen LogP contribution in [0, 0.1) is 11.3 Å². The molecular formula is C15H14N2O6. The van der Waals surface area contributed by atoms with Crippen LogP contribution in [-0.2, 0) is 14.3 Å². The van der Waals surface area contributed by atoms with Gasteiger partial charge >= 0.3 is 12.1 Å². The third-order valence-electron chi connectivity index (χ3n) is 3.40. The number of nitriles is 1. The lowest BCUT2D eigenvalue weighted by Gasteiger charge is -2.20. The zero-order chi connectivity index (χ0) is 17.1. The van der Waals surface area contributed by atoms with Crippen molar-refractivity contribution in [3.63, 3.8) is 0 Å². The highest BCUT2D eigenvalue weighted by molar-refractivity contribution is 6.09. The number of ether oxygens (including phenoxy) is 3. The Balaban J connectivity index is 2.76. The van der Waals surface area contributed by atoms with E-state index in [9.17, 15) is 20.0 Å². The largest absolute Gasteiger partial charge is 0.497 e. The van der Waals surface area contributed by atoms with Crippen LogP contribution in [0.3, 0.4) is 0 Å². The van der Waals surface area contributed by atoms with Crippen LogP contribution in [0.15, 0.2) is 23.8 Å². The highest BCUT2D eigenvalue weighted by Crippen LogP contribution is 2.43. The van der Waals surface area contributed by atoms with E-state index in [2.05, 4.69) is 9.47 Å². The van der Waals surface area contributed by atoms with Crippen molar-refractivity contribution < 1.29 is 28.9 Å². The number of hydrogen-bond donors (Lipinski definition) is 1. The van der Waals surface area contributed by atoms with Gasteiger partial charge in [0.15, 0.2) is 6.23 Å². The first-order valence-electron chi connectivity index (χ1n) is 6.46. The first-order valence-corrected chi connectivity index (χ1v) is 6.46. The van der Waals surface area contributed by atoms with Crippen molar-refractivity contribution in [1.82, 2.24) is 0 Å². The number of methoxy groups -OCH3 is 3. The van der Waals surface area contributed by atoms with Crippen molar-refractivity contribution in [2.45, 2.75) is 6.23 Å². The fourth-order valence-electron chi connectivity index (χ4n) is 2.35. The van der Waals surface area contributed by atoms with E-state index < -0.39 is 23.9 Å². The van der Waals surface area contributed by atoms with Crippen LogP contribution >= 0.6 is 0 Å². The number of hydrogen-bond acceptors (Lipinski definition) is 7. The van der Waals surface area contributed by atoms with Crippen LogP contribution in [0.2, 0.25) is 0 Å². The zero-order valence-corrected chi connectivity index (χ0v) is 12.7. The van der Waals surface area contributed by atoms with Crippen molar-refractivity contribution in [1.29, 1.82) is 5.26 Å². The van der Waals surface area contributed by atoms with Gasteiger partial charge in [0.25, 0.3) is 0 Å². The Morgan fingerprint density at radius 1 is 1.26 bits per heavy atom. The van der Waals surface area contributed by atoms with Crippen molar-refractivity contribution in [3.05, 3.63) is 29.3 Å². The lowest BCUT2D eigenvalue weighted by Crippen LogP contribution is -2.37. The number of amides is 1. The molecule has 0 aliphatic carbocycles. The predicted octanol–water partition coefficient (Wildman–Crippen LogP) is 1.05. The first-order chi connectivity index (χ1) is 11.0. The molecule has 1 amide bonds. The Labute approximate surface area is 132 Å². The molecule has 2 rings (SSSR count). The number of rotatable bonds is 2. The predicted molar refractivity (Wildman–Crippen MR) is 78.4 cm³/mol. The molecule has 8 heteroatoms. The van der Waals surface area contributed by atoms with Gasteiger partial charge in [-0.15, -0.1) is 0 Å². The van der Waals surface area contributed by atoms with Crippen LogP contribution in [0.4, 0.5) is 10.5 Å². The van der Waals surface area contributed by atoms with Gasteiger partial charge in [0.1, 0.15) is 17.4 Å². The maximum atomic E-state index is 11.9. The maximum Gasteiger partial charge on any atom is 0.416 e. The molecule has 1 heterocycles. The number of aliphatic hydroxyl groups excluding tert-OH is 1. The fraction of sp³-hybridized carbons (Fsp3) is 0.267. The molecule has 1 atom stereocenters. The Bertz CT molecular complexity index is 734. The molecule has 0 saturated carbocycles. The minimum absolute atomic E-state index is 0.0429. The topological polar surface area (TPSA) is 109 Å². The summed E-state index contributed by atoms with van der Waals surface area (Å²) in [4.78, 5) is 24.7. The van der Waals surface area contributed by atoms with Crippen molar-refractivity contribution in [2.75, 3.05) is 26.2 Å². The van der Waals surface area contributed by atoms with E-state index in [1.54, 1.807) is 12.1 Å². The van der Waals surface area contributed by atoms with E-state index in [1.807, 2.05) is 0 Å². The third kappa shape index (κ3) is 2.58. The van der Waals surface area contributed by atoms with E-state index in [4.69, 9.17) is 4.74 Å². The summed E-state index contributed by atoms with van der Waals surface area (Å²) in [6.07, 6.45) is -2.39. The molecule has 1 aliphatic heterocycles. The molecule has 120 valence electrons. The van der Waals surface area contributed by atoms with E-state index in [0.717, 1.165) is 19.1 Å². The zero-order valence-electron chi connectivity index (χ0n) is 12.7. The Morgan fingerprint density at radius 3 is 2.48 bits per heavy atom. The second kappa shape index (κ2) is 6.37. The Morgan fingerprint density at radius 2 is 1.96 bits per heavy atom. The lowest BCUT2D eigenvalue weighted by molar-refractivity contribution is -0.135. The SMILES string of the molecule is COC(=O)/C(C#N)=C1/c2cc(OC)ccc2N(C(=O)OC)C1O. The highest BCUT2D eigenvalue weighted by Gasteiger charge is 2.41. The molecule has 23 heavy (non-hydrogen) atoms. The number of carbonyl (C=O) groups is 2. The van der Waals surface area contributed by atoms with Gasteiger partial charge in [0, 0.05) is 11.1 Å². The summed E-state index contributed by atoms with van der Waals surface area (Å²) in [7, 11) is 3.72. The molecule has 0 saturated heterocycles. The summed E-state index contributed by atoms with van der Waals surface area (Å²) in [6, 6.07) is 6.32. The molecule has 1 N–H and O–H groups in total. The maximum absolute atomic E-state index is 11.9. The van der Waals surface area contributed by atoms with Crippen LogP contribution in [0.1, 0.15) is 5.56 Å². The molecule has 0 radical (unpaired) electrons. The molecule has 0 spiro atoms. The molecule has 0 aromatic heterocycles. The van der Waals surface area contributed by atoms with Crippen LogP contribution in [0.25, 0.3) is 5.57 Å². The van der Waals surface area contributed by atoms with Crippen molar-refractivity contribution in [3.8, 4) is 11.8 Å². The monoisotopic (exact) mass is 318 g/mol. The van der Waals surface area contributed by atoms with Gasteiger partial charge in [-0.3, -0.25) is 0 Å². The number of carbonyl (C=O) groups excluding carboxylic acids is 2. The van der Waals surface area contributed by atoms with Gasteiger partial charge in [-0.25, -0.2) is 14.5 Å². The summed E-state index contributed by atoms with van der Waals surface area (Å²) in [5, 5.41) is 19.7. The second-order valence-corrected chi connectivity index (χ2v) is 4.49. The van der Waals surface area contributed by atoms with Gasteiger partial charge in [0.2, 0.25) is 0 Å². The summed E-state index contributed by atoms with van der Waals surface area (Å²) in [5.74, 6) is -0.482. The molecule has 0 fully saturated rings. The minimum Gasteiger partial charge on any atom is -0.497 e. The molecule has 1 aliphatic rings. The molecule has 1 aromatic carbocycles. The average molecular weight is 318 g/mol. The van der Waals surface area contributed by atoms with Crippen molar-refractivity contribution >= 4 is 23.3 Å². The quantitative estimate of drug-likeness (QED) is 0.493. The van der Waals surface area contributed by atoms with Gasteiger partial charge < -0.3 is 19.3 Å².